The Kier molecular flexibility index (Phi) is 36.0. The fourth-order valence-electron chi connectivity index (χ4n) is 8.04. The lowest BCUT2D eigenvalue weighted by atomic mass is 9.97. The average Bonchev–Trinajstić information content (AvgIpc) is 1.02. The average molecular weight is 1260 g/mol. The number of benzene rings is 7. The van der Waals surface area contributed by atoms with Crippen molar-refractivity contribution >= 4 is 44.0 Å². The van der Waals surface area contributed by atoms with E-state index in [1.54, 1.807) is 50.6 Å². The van der Waals surface area contributed by atoms with Crippen molar-refractivity contribution in [1.29, 1.82) is 0 Å². The summed E-state index contributed by atoms with van der Waals surface area (Å²) in [5, 5.41) is 0. The highest BCUT2D eigenvalue weighted by molar-refractivity contribution is 5.81. The van der Waals surface area contributed by atoms with Gasteiger partial charge in [-0.1, -0.05) is 101 Å². The Balaban J connectivity index is 0.000000527. The van der Waals surface area contributed by atoms with Gasteiger partial charge < -0.3 is 18.9 Å². The van der Waals surface area contributed by atoms with Gasteiger partial charge in [-0.2, -0.15) is 39.5 Å². The zero-order valence-corrected chi connectivity index (χ0v) is 51.8. The van der Waals surface area contributed by atoms with E-state index in [1.165, 1.54) is 48.6 Å². The molecule has 0 aliphatic carbocycles. The Bertz CT molecular complexity index is 3310. The van der Waals surface area contributed by atoms with Gasteiger partial charge in [0.1, 0.15) is 49.2 Å². The summed E-state index contributed by atoms with van der Waals surface area (Å²) in [4.78, 5) is 73.0. The number of hydrogen-bond donors (Lipinski definition) is 0. The summed E-state index contributed by atoms with van der Waals surface area (Å²) in [5.41, 5.74) is 6.57. The molecule has 0 saturated heterocycles. The first-order valence-electron chi connectivity index (χ1n) is 28.1. The molecule has 484 valence electrons. The highest BCUT2D eigenvalue weighted by atomic mass is 19.4. The van der Waals surface area contributed by atoms with Crippen LogP contribution < -0.4 is 18.9 Å². The Morgan fingerprint density at radius 3 is 1.23 bits per heavy atom. The first-order chi connectivity index (χ1) is 42.6. The molecule has 0 radical (unpaired) electrons. The molecular formula is C70H75F9O11. The van der Waals surface area contributed by atoms with Crippen LogP contribution in [0.4, 0.5) is 39.5 Å². The minimum absolute atomic E-state index is 0.0322. The van der Waals surface area contributed by atoms with Gasteiger partial charge in [-0.3, -0.25) is 33.6 Å². The van der Waals surface area contributed by atoms with Gasteiger partial charge in [0.2, 0.25) is 0 Å². The van der Waals surface area contributed by atoms with Gasteiger partial charge in [0.05, 0.1) is 50.7 Å². The predicted molar refractivity (Wildman–Crippen MR) is 329 cm³/mol. The maximum atomic E-state index is 12.2. The van der Waals surface area contributed by atoms with Gasteiger partial charge >= 0.3 is 18.5 Å². The van der Waals surface area contributed by atoms with Gasteiger partial charge in [0.25, 0.3) is 0 Å². The van der Waals surface area contributed by atoms with E-state index in [9.17, 15) is 73.1 Å². The molecule has 0 N–H and O–H groups in total. The van der Waals surface area contributed by atoms with Crippen molar-refractivity contribution in [2.45, 2.75) is 111 Å². The lowest BCUT2D eigenvalue weighted by Gasteiger charge is -2.12. The van der Waals surface area contributed by atoms with E-state index in [1.807, 2.05) is 56.3 Å². The van der Waals surface area contributed by atoms with Crippen LogP contribution in [-0.2, 0) is 44.2 Å². The molecule has 11 nitrogen and oxygen atoms in total. The van der Waals surface area contributed by atoms with E-state index in [0.717, 1.165) is 123 Å². The third kappa shape index (κ3) is 28.8. The molecule has 20 heteroatoms. The Hall–Kier alpha value is -9.20. The van der Waals surface area contributed by atoms with Gasteiger partial charge in [0.15, 0.2) is 17.8 Å². The summed E-state index contributed by atoms with van der Waals surface area (Å²) >= 11 is 0. The predicted octanol–water partition coefficient (Wildman–Crippen LogP) is 18.0. The van der Waals surface area contributed by atoms with Crippen LogP contribution in [0.5, 0.6) is 23.0 Å². The van der Waals surface area contributed by atoms with Crippen molar-refractivity contribution < 1.29 is 92.0 Å². The topological polar surface area (TPSA) is 156 Å². The van der Waals surface area contributed by atoms with E-state index >= 15 is 0 Å². The molecule has 90 heavy (non-hydrogen) atoms. The monoisotopic (exact) mass is 1260 g/mol. The highest BCUT2D eigenvalue weighted by Gasteiger charge is 2.37. The van der Waals surface area contributed by atoms with Gasteiger partial charge in [-0.15, -0.1) is 0 Å². The second-order valence-electron chi connectivity index (χ2n) is 19.5. The maximum absolute atomic E-state index is 12.2. The number of carbonyl (C=O) groups excluding carboxylic acids is 7. The molecule has 0 bridgehead atoms. The SMILES string of the molecule is CCCc1cc(C=O)cc(CCC)c1.CCCc1ccc(C=O)cc1CCC.COc1ccc(C=O)cc1OC.COc1ccc(OC)c(C=O)c1.Cc1ccc(C)c(C=O)c1.O=Cc1cc(C(F)(F)F)cc(C(F)(F)F)c1.O=Cc1cccc(C(F)(F)F)c1. The minimum atomic E-state index is -4.92. The molecule has 7 rings (SSSR count). The van der Waals surface area contributed by atoms with Gasteiger partial charge in [-0.25, -0.2) is 0 Å². The van der Waals surface area contributed by atoms with Crippen molar-refractivity contribution in [3.8, 4) is 23.0 Å². The third-order valence-corrected chi connectivity index (χ3v) is 12.5. The van der Waals surface area contributed by atoms with Crippen molar-refractivity contribution in [3.63, 3.8) is 0 Å². The molecule has 0 amide bonds. The van der Waals surface area contributed by atoms with Crippen LogP contribution in [0.1, 0.15) is 176 Å². The Labute approximate surface area is 519 Å². The number of alkyl halides is 9. The fourth-order valence-corrected chi connectivity index (χ4v) is 8.04. The maximum Gasteiger partial charge on any atom is 0.416 e. The second kappa shape index (κ2) is 41.1. The molecule has 0 aliphatic rings. The largest absolute Gasteiger partial charge is 0.497 e. The zero-order valence-electron chi connectivity index (χ0n) is 51.8. The molecule has 0 fully saturated rings. The molecule has 0 aromatic heterocycles. The summed E-state index contributed by atoms with van der Waals surface area (Å²) in [6.45, 7) is 12.6. The number of carbonyl (C=O) groups is 7. The molecule has 0 aliphatic heterocycles. The summed E-state index contributed by atoms with van der Waals surface area (Å²) in [6, 6.07) is 33.1. The van der Waals surface area contributed by atoms with E-state index in [4.69, 9.17) is 18.9 Å². The van der Waals surface area contributed by atoms with Crippen LogP contribution in [0.25, 0.3) is 0 Å². The summed E-state index contributed by atoms with van der Waals surface area (Å²) in [6.07, 6.45) is -0.726. The molecule has 0 spiro atoms. The molecule has 0 atom stereocenters. The fraction of sp³-hybridized carbons (Fsp3) is 0.300. The summed E-state index contributed by atoms with van der Waals surface area (Å²) in [7, 11) is 6.16. The lowest BCUT2D eigenvalue weighted by molar-refractivity contribution is -0.143. The van der Waals surface area contributed by atoms with Gasteiger partial charge in [-0.05, 0) is 158 Å². The second-order valence-corrected chi connectivity index (χ2v) is 19.5. The van der Waals surface area contributed by atoms with Crippen LogP contribution in [0, 0.1) is 13.8 Å². The normalized spacial score (nSPS) is 10.4. The highest BCUT2D eigenvalue weighted by Crippen LogP contribution is 2.36. The molecule has 7 aromatic rings. The number of halogens is 9. The minimum Gasteiger partial charge on any atom is -0.497 e. The van der Waals surface area contributed by atoms with Crippen LogP contribution in [0.3, 0.4) is 0 Å². The molecule has 0 saturated carbocycles. The van der Waals surface area contributed by atoms with E-state index in [2.05, 4.69) is 39.8 Å². The van der Waals surface area contributed by atoms with Crippen LogP contribution >= 0.6 is 0 Å². The van der Waals surface area contributed by atoms with Crippen molar-refractivity contribution in [2.75, 3.05) is 28.4 Å². The zero-order chi connectivity index (χ0) is 68.0. The Morgan fingerprint density at radius 1 is 0.344 bits per heavy atom. The third-order valence-electron chi connectivity index (χ3n) is 12.5. The molecule has 0 unspecified atom stereocenters. The van der Waals surface area contributed by atoms with E-state index in [0.29, 0.717) is 52.5 Å². The van der Waals surface area contributed by atoms with Crippen molar-refractivity contribution in [2.24, 2.45) is 0 Å². The quantitative estimate of drug-likeness (QED) is 0.0561. The van der Waals surface area contributed by atoms with Crippen LogP contribution in [0.15, 0.2) is 133 Å². The van der Waals surface area contributed by atoms with Crippen molar-refractivity contribution in [3.05, 3.63) is 222 Å². The first kappa shape index (κ1) is 78.8. The number of rotatable bonds is 19. The van der Waals surface area contributed by atoms with E-state index in [-0.39, 0.29) is 17.9 Å². The first-order valence-corrected chi connectivity index (χ1v) is 28.1. The summed E-state index contributed by atoms with van der Waals surface area (Å²) in [5.74, 6) is 2.41. The van der Waals surface area contributed by atoms with Crippen molar-refractivity contribution in [1.82, 2.24) is 0 Å². The number of ether oxygens (including phenoxy) is 4. The smallest absolute Gasteiger partial charge is 0.416 e. The standard InChI is InChI=1S/2C13H18O.C9H4F6O.2C9H10O3.C9H10O.C8H5F3O/c1-3-5-11-7-12(6-4-2)9-13(8-11)10-14;1-3-5-12-8-7-11(10-14)9-13(12)6-4-2;10-8(11,12)6-1-5(4-16)2-7(3-6)9(13,14)15;1-11-8-3-4-9(12-2)7(5-8)6-10;1-11-8-4-3-7(6-10)5-9(8)12-2;1-7-3-4-8(2)9(5-7)6-10;9-8(10,11)7-3-1-2-6(4-7)5-12/h2*7-10H,3-6H2,1-2H3;1-4H;2*3-6H,1-2H3;3-6H,1-2H3;1-5H. The van der Waals surface area contributed by atoms with Crippen LogP contribution in [-0.4, -0.2) is 72.4 Å². The number of methoxy groups -OCH3 is 4. The molecule has 0 heterocycles. The number of aryl methyl sites for hydroxylation is 6. The van der Waals surface area contributed by atoms with Gasteiger partial charge in [0, 0.05) is 33.4 Å². The summed E-state index contributed by atoms with van der Waals surface area (Å²) < 4.78 is 129. The Morgan fingerprint density at radius 2 is 0.789 bits per heavy atom. The molecular weight excluding hydrogens is 1190 g/mol. The number of aldehydes is 7. The lowest BCUT2D eigenvalue weighted by Crippen LogP contribution is -2.11. The van der Waals surface area contributed by atoms with Crippen LogP contribution in [0.2, 0.25) is 0 Å². The molecule has 7 aromatic carbocycles. The van der Waals surface area contributed by atoms with E-state index < -0.39 is 40.8 Å². The number of hydrogen-bond acceptors (Lipinski definition) is 11.